The third kappa shape index (κ3) is 6.86. The molecule has 0 aliphatic carbocycles. The fourth-order valence-corrected chi connectivity index (χ4v) is 3.08. The standard InChI is InChI=1S/C18H20BrF3N4O3/c1-24-10-14(19)16(23)17(28)26-8-6-25(7-9-26)11-15(27)12-2-4-13(5-3-12)29-18(20,21)22/h2-5,10H,6-9,11,23H2,1H3. The maximum absolute atomic E-state index is 12.4. The van der Waals surface area contributed by atoms with Crippen molar-refractivity contribution in [2.24, 2.45) is 10.7 Å². The number of ether oxygens (including phenoxy) is 1. The van der Waals surface area contributed by atoms with Crippen molar-refractivity contribution in [3.05, 3.63) is 40.0 Å². The zero-order chi connectivity index (χ0) is 21.6. The van der Waals surface area contributed by atoms with E-state index in [-0.39, 0.29) is 35.2 Å². The van der Waals surface area contributed by atoms with Crippen LogP contribution in [-0.2, 0) is 4.79 Å². The predicted octanol–water partition coefficient (Wildman–Crippen LogP) is 2.18. The van der Waals surface area contributed by atoms with Gasteiger partial charge in [-0.15, -0.1) is 13.2 Å². The number of alkyl halides is 3. The van der Waals surface area contributed by atoms with Gasteiger partial charge in [0.2, 0.25) is 0 Å². The number of nitrogens with two attached hydrogens (primary N) is 1. The Balaban J connectivity index is 1.88. The number of amides is 1. The van der Waals surface area contributed by atoms with Gasteiger partial charge in [0, 0.05) is 45.0 Å². The summed E-state index contributed by atoms with van der Waals surface area (Å²) in [5.74, 6) is -0.932. The summed E-state index contributed by atoms with van der Waals surface area (Å²) in [7, 11) is 1.56. The monoisotopic (exact) mass is 476 g/mol. The Kier molecular flexibility index (Phi) is 7.80. The van der Waals surface area contributed by atoms with E-state index in [9.17, 15) is 22.8 Å². The molecule has 1 amide bonds. The zero-order valence-electron chi connectivity index (χ0n) is 15.6. The number of ketones is 1. The second kappa shape index (κ2) is 9.88. The molecule has 1 aliphatic heterocycles. The van der Waals surface area contributed by atoms with Crippen LogP contribution in [0.4, 0.5) is 13.2 Å². The average Bonchev–Trinajstić information content (AvgIpc) is 2.67. The summed E-state index contributed by atoms with van der Waals surface area (Å²) >= 11 is 3.19. The SMILES string of the molecule is CN=CC(Br)=C(N)C(=O)N1CCN(CC(=O)c2ccc(OC(F)(F)F)cc2)CC1. The molecule has 1 aliphatic rings. The molecule has 1 saturated heterocycles. The van der Waals surface area contributed by atoms with E-state index in [1.54, 1.807) is 11.9 Å². The van der Waals surface area contributed by atoms with E-state index in [1.807, 2.05) is 4.90 Å². The Labute approximate surface area is 174 Å². The van der Waals surface area contributed by atoms with Gasteiger partial charge in [0.1, 0.15) is 11.4 Å². The molecule has 0 bridgehead atoms. The Hall–Kier alpha value is -2.40. The summed E-state index contributed by atoms with van der Waals surface area (Å²) in [5.41, 5.74) is 6.16. The molecule has 0 spiro atoms. The fourth-order valence-electron chi connectivity index (χ4n) is 2.70. The van der Waals surface area contributed by atoms with Crippen molar-refractivity contribution in [3.63, 3.8) is 0 Å². The van der Waals surface area contributed by atoms with Crippen molar-refractivity contribution < 1.29 is 27.5 Å². The molecule has 29 heavy (non-hydrogen) atoms. The molecule has 7 nitrogen and oxygen atoms in total. The minimum Gasteiger partial charge on any atom is -0.406 e. The molecule has 1 aromatic carbocycles. The van der Waals surface area contributed by atoms with Crippen LogP contribution in [0.2, 0.25) is 0 Å². The maximum atomic E-state index is 12.4. The van der Waals surface area contributed by atoms with E-state index in [2.05, 4.69) is 25.7 Å². The molecular formula is C18H20BrF3N4O3. The first-order chi connectivity index (χ1) is 13.6. The number of hydrogen-bond donors (Lipinski definition) is 1. The number of carbonyl (C=O) groups excluding carboxylic acids is 2. The van der Waals surface area contributed by atoms with E-state index in [0.717, 1.165) is 12.1 Å². The normalized spacial score (nSPS) is 16.7. The van der Waals surface area contributed by atoms with E-state index in [4.69, 9.17) is 5.73 Å². The molecule has 0 saturated carbocycles. The second-order valence-corrected chi connectivity index (χ2v) is 7.07. The number of rotatable bonds is 6. The third-order valence-electron chi connectivity index (χ3n) is 4.17. The van der Waals surface area contributed by atoms with Gasteiger partial charge in [-0.2, -0.15) is 0 Å². The number of benzene rings is 1. The Bertz CT molecular complexity index is 802. The summed E-state index contributed by atoms with van der Waals surface area (Å²) in [6.45, 7) is 1.83. The number of aliphatic imine (C=N–C) groups is 1. The van der Waals surface area contributed by atoms with E-state index in [1.165, 1.54) is 18.3 Å². The Morgan fingerprint density at radius 2 is 1.79 bits per heavy atom. The van der Waals surface area contributed by atoms with Crippen molar-refractivity contribution in [2.75, 3.05) is 39.8 Å². The first kappa shape index (κ1) is 22.9. The molecular weight excluding hydrogens is 457 g/mol. The lowest BCUT2D eigenvalue weighted by atomic mass is 10.1. The molecule has 1 fully saturated rings. The van der Waals surface area contributed by atoms with Crippen LogP contribution in [0.5, 0.6) is 5.75 Å². The smallest absolute Gasteiger partial charge is 0.406 e. The lowest BCUT2D eigenvalue weighted by molar-refractivity contribution is -0.274. The van der Waals surface area contributed by atoms with Crippen molar-refractivity contribution in [3.8, 4) is 5.75 Å². The summed E-state index contributed by atoms with van der Waals surface area (Å²) < 4.78 is 40.8. The largest absolute Gasteiger partial charge is 0.573 e. The van der Waals surface area contributed by atoms with Gasteiger partial charge in [-0.05, 0) is 40.2 Å². The summed E-state index contributed by atoms with van der Waals surface area (Å²) in [6.07, 6.45) is -3.34. The van der Waals surface area contributed by atoms with Gasteiger partial charge in [0.05, 0.1) is 11.0 Å². The highest BCUT2D eigenvalue weighted by atomic mass is 79.9. The lowest BCUT2D eigenvalue weighted by Crippen LogP contribution is -2.50. The molecule has 1 aromatic rings. The molecule has 1 heterocycles. The highest BCUT2D eigenvalue weighted by molar-refractivity contribution is 9.12. The van der Waals surface area contributed by atoms with Gasteiger partial charge in [-0.25, -0.2) is 0 Å². The molecule has 11 heteroatoms. The minimum atomic E-state index is -4.78. The lowest BCUT2D eigenvalue weighted by Gasteiger charge is -2.34. The predicted molar refractivity (Wildman–Crippen MR) is 105 cm³/mol. The van der Waals surface area contributed by atoms with Crippen LogP contribution < -0.4 is 10.5 Å². The van der Waals surface area contributed by atoms with Gasteiger partial charge >= 0.3 is 6.36 Å². The number of halogens is 4. The summed E-state index contributed by atoms with van der Waals surface area (Å²) in [5, 5.41) is 0. The van der Waals surface area contributed by atoms with E-state index >= 15 is 0 Å². The quantitative estimate of drug-likeness (QED) is 0.386. The van der Waals surface area contributed by atoms with Crippen LogP contribution in [0.25, 0.3) is 0 Å². The molecule has 2 N–H and O–H groups in total. The van der Waals surface area contributed by atoms with E-state index in [0.29, 0.717) is 30.7 Å². The molecule has 2 rings (SSSR count). The van der Waals surface area contributed by atoms with Crippen LogP contribution in [0.3, 0.4) is 0 Å². The molecule has 158 valence electrons. The topological polar surface area (TPSA) is 88.2 Å². The van der Waals surface area contributed by atoms with Gasteiger partial charge in [-0.1, -0.05) is 0 Å². The first-order valence-corrected chi connectivity index (χ1v) is 9.38. The average molecular weight is 477 g/mol. The minimum absolute atomic E-state index is 0.0568. The van der Waals surface area contributed by atoms with Gasteiger partial charge in [-0.3, -0.25) is 19.5 Å². The van der Waals surface area contributed by atoms with Crippen LogP contribution >= 0.6 is 15.9 Å². The number of piperazine rings is 1. The third-order valence-corrected chi connectivity index (χ3v) is 4.80. The number of Topliss-reactive ketones (excluding diaryl/α,β-unsaturated/α-hetero) is 1. The number of hydrogen-bond acceptors (Lipinski definition) is 6. The molecule has 0 radical (unpaired) electrons. The highest BCUT2D eigenvalue weighted by Gasteiger charge is 2.31. The summed E-state index contributed by atoms with van der Waals surface area (Å²) in [6, 6.07) is 4.79. The molecule has 0 atom stereocenters. The Morgan fingerprint density at radius 1 is 1.21 bits per heavy atom. The van der Waals surface area contributed by atoms with Crippen molar-refractivity contribution >= 4 is 33.8 Å². The van der Waals surface area contributed by atoms with Gasteiger partial charge < -0.3 is 15.4 Å². The molecule has 0 unspecified atom stereocenters. The Morgan fingerprint density at radius 3 is 2.31 bits per heavy atom. The van der Waals surface area contributed by atoms with Crippen molar-refractivity contribution in [2.45, 2.75) is 6.36 Å². The fraction of sp³-hybridized carbons (Fsp3) is 0.389. The second-order valence-electron chi connectivity index (χ2n) is 6.21. The first-order valence-electron chi connectivity index (χ1n) is 8.58. The molecule has 0 aromatic heterocycles. The van der Waals surface area contributed by atoms with Crippen LogP contribution in [0.15, 0.2) is 39.4 Å². The van der Waals surface area contributed by atoms with Crippen LogP contribution in [0.1, 0.15) is 10.4 Å². The highest BCUT2D eigenvalue weighted by Crippen LogP contribution is 2.23. The number of allylic oxidation sites excluding steroid dienone is 1. The number of carbonyl (C=O) groups is 2. The van der Waals surface area contributed by atoms with Crippen LogP contribution in [0, 0.1) is 0 Å². The van der Waals surface area contributed by atoms with E-state index < -0.39 is 6.36 Å². The van der Waals surface area contributed by atoms with Crippen molar-refractivity contribution in [1.82, 2.24) is 9.80 Å². The zero-order valence-corrected chi connectivity index (χ0v) is 17.2. The van der Waals surface area contributed by atoms with Crippen molar-refractivity contribution in [1.29, 1.82) is 0 Å². The van der Waals surface area contributed by atoms with Gasteiger partial charge in [0.25, 0.3) is 5.91 Å². The summed E-state index contributed by atoms with van der Waals surface area (Å²) in [4.78, 5) is 32.0. The van der Waals surface area contributed by atoms with Crippen LogP contribution in [-0.4, -0.2) is 73.8 Å². The number of nitrogens with zero attached hydrogens (tertiary/aromatic N) is 3. The maximum Gasteiger partial charge on any atom is 0.573 e. The van der Waals surface area contributed by atoms with Gasteiger partial charge in [0.15, 0.2) is 5.78 Å².